The molecule has 9 nitrogen and oxygen atoms in total. The monoisotopic (exact) mass is 1230 g/mol. The highest BCUT2D eigenvalue weighted by Gasteiger charge is 2.27. The van der Waals surface area contributed by atoms with E-state index in [9.17, 15) is 19.0 Å². The van der Waals surface area contributed by atoms with Crippen LogP contribution in [0.4, 0.5) is 0 Å². The van der Waals surface area contributed by atoms with E-state index in [1.807, 2.05) is 21.1 Å². The van der Waals surface area contributed by atoms with Crippen molar-refractivity contribution in [2.45, 2.75) is 354 Å². The lowest BCUT2D eigenvalue weighted by Gasteiger charge is -2.24. The van der Waals surface area contributed by atoms with Gasteiger partial charge in [0.2, 0.25) is 0 Å². The Hall–Kier alpha value is -2.55. The van der Waals surface area contributed by atoms with Crippen molar-refractivity contribution in [3.05, 3.63) is 72.9 Å². The third-order valence-corrected chi connectivity index (χ3v) is 17.2. The van der Waals surface area contributed by atoms with E-state index < -0.39 is 26.5 Å². The molecule has 0 aliphatic carbocycles. The number of phosphoric acid groups is 1. The molecule has 1 N–H and O–H groups in total. The molecule has 2 unspecified atom stereocenters. The van der Waals surface area contributed by atoms with Crippen molar-refractivity contribution in [3.63, 3.8) is 0 Å². The standard InChI is InChI=1S/C76H140NO8P/c1-6-8-10-12-14-16-18-20-22-24-26-28-29-30-31-32-33-34-35-36-37-38-39-40-41-42-43-44-45-46-47-49-51-53-55-57-59-61-63-65-67-69-76(79)85-74(73-84-86(80,81)83-71-70-77(3,4)5)72-82-75(78)68-66-64-62-60-58-56-54-52-50-48-27-25-23-21-19-17-15-13-11-9-7-2/h18-21,24-27,29-30,50,52,74H,6-17,22-23,28,31-49,51,53-73H2,1-5H3/p+1/b20-18-,21-19-,26-24-,27-25-,30-29-,52-50-. The Labute approximate surface area is 533 Å². The van der Waals surface area contributed by atoms with Gasteiger partial charge in [-0.15, -0.1) is 0 Å². The van der Waals surface area contributed by atoms with E-state index in [1.165, 1.54) is 244 Å². The molecule has 0 bridgehead atoms. The Bertz CT molecular complexity index is 1680. The molecule has 0 fully saturated rings. The Morgan fingerprint density at radius 1 is 0.360 bits per heavy atom. The molecule has 0 saturated carbocycles. The molecule has 0 aromatic carbocycles. The minimum absolute atomic E-state index is 0.0291. The third-order valence-electron chi connectivity index (χ3n) is 16.2. The van der Waals surface area contributed by atoms with Crippen LogP contribution < -0.4 is 0 Å². The number of rotatable bonds is 68. The fraction of sp³-hybridized carbons (Fsp3) is 0.816. The molecule has 0 amide bonds. The first-order valence-corrected chi connectivity index (χ1v) is 38.2. The average molecular weight is 1230 g/mol. The second-order valence-electron chi connectivity index (χ2n) is 26.0. The molecular formula is C76H141NO8P+. The van der Waals surface area contributed by atoms with Crippen molar-refractivity contribution in [1.82, 2.24) is 0 Å². The molecule has 0 spiro atoms. The van der Waals surface area contributed by atoms with E-state index in [0.29, 0.717) is 17.4 Å². The first-order valence-electron chi connectivity index (χ1n) is 36.7. The van der Waals surface area contributed by atoms with Gasteiger partial charge >= 0.3 is 19.8 Å². The van der Waals surface area contributed by atoms with E-state index in [2.05, 4.69) is 86.8 Å². The van der Waals surface area contributed by atoms with Crippen molar-refractivity contribution in [3.8, 4) is 0 Å². The van der Waals surface area contributed by atoms with Gasteiger partial charge in [0.05, 0.1) is 27.7 Å². The van der Waals surface area contributed by atoms with Crippen LogP contribution in [0.15, 0.2) is 72.9 Å². The van der Waals surface area contributed by atoms with Crippen LogP contribution in [-0.4, -0.2) is 74.9 Å². The van der Waals surface area contributed by atoms with Gasteiger partial charge in [-0.05, 0) is 89.9 Å². The molecule has 502 valence electrons. The fourth-order valence-corrected chi connectivity index (χ4v) is 11.3. The maximum Gasteiger partial charge on any atom is 0.472 e. The molecule has 0 aromatic rings. The van der Waals surface area contributed by atoms with Crippen LogP contribution in [0.2, 0.25) is 0 Å². The summed E-state index contributed by atoms with van der Waals surface area (Å²) in [6, 6.07) is 0. The molecule has 0 aromatic heterocycles. The Morgan fingerprint density at radius 3 is 0.930 bits per heavy atom. The predicted molar refractivity (Wildman–Crippen MR) is 372 cm³/mol. The number of carbonyl (C=O) groups excluding carboxylic acids is 2. The normalized spacial score (nSPS) is 13.5. The second-order valence-corrected chi connectivity index (χ2v) is 27.4. The van der Waals surface area contributed by atoms with Crippen LogP contribution in [0.3, 0.4) is 0 Å². The summed E-state index contributed by atoms with van der Waals surface area (Å²) >= 11 is 0. The zero-order valence-corrected chi connectivity index (χ0v) is 58.2. The number of phosphoric ester groups is 1. The topological polar surface area (TPSA) is 108 Å². The average Bonchev–Trinajstić information content (AvgIpc) is 3.70. The van der Waals surface area contributed by atoms with Gasteiger partial charge in [0.1, 0.15) is 19.8 Å². The molecular weight excluding hydrogens is 1090 g/mol. The van der Waals surface area contributed by atoms with E-state index in [4.69, 9.17) is 18.5 Å². The van der Waals surface area contributed by atoms with Gasteiger partial charge in [-0.1, -0.05) is 318 Å². The van der Waals surface area contributed by atoms with Gasteiger partial charge in [0.15, 0.2) is 6.10 Å². The number of hydrogen-bond acceptors (Lipinski definition) is 7. The van der Waals surface area contributed by atoms with Gasteiger partial charge in [-0.25, -0.2) is 4.57 Å². The zero-order chi connectivity index (χ0) is 62.6. The molecule has 0 heterocycles. The minimum atomic E-state index is -4.40. The first-order chi connectivity index (χ1) is 42.0. The van der Waals surface area contributed by atoms with E-state index in [1.54, 1.807) is 0 Å². The van der Waals surface area contributed by atoms with Crippen LogP contribution in [-0.2, 0) is 32.7 Å². The Kier molecular flexibility index (Phi) is 64.9. The summed E-state index contributed by atoms with van der Waals surface area (Å²) in [6.45, 7) is 4.44. The van der Waals surface area contributed by atoms with Crippen molar-refractivity contribution in [2.75, 3.05) is 47.5 Å². The largest absolute Gasteiger partial charge is 0.472 e. The maximum atomic E-state index is 12.9. The summed E-state index contributed by atoms with van der Waals surface area (Å²) in [6.07, 6.45) is 90.3. The smallest absolute Gasteiger partial charge is 0.462 e. The SMILES string of the molecule is CCCCCCC/C=C\C/C=C\C/C=C\CCCCCCCCCCCCCCCCCCCCCCCCCCCCC(=O)OC(COC(=O)CCCCCCCC/C=C\C/C=C\C/C=C\CCCCCCC)COP(=O)(O)OCC[N+](C)(C)C. The number of nitrogens with zero attached hydrogens (tertiary/aromatic N) is 1. The van der Waals surface area contributed by atoms with Crippen molar-refractivity contribution in [1.29, 1.82) is 0 Å². The number of esters is 2. The van der Waals surface area contributed by atoms with Gasteiger partial charge in [-0.2, -0.15) is 0 Å². The second kappa shape index (κ2) is 66.9. The molecule has 0 radical (unpaired) electrons. The third kappa shape index (κ3) is 70.5. The highest BCUT2D eigenvalue weighted by atomic mass is 31.2. The van der Waals surface area contributed by atoms with Gasteiger partial charge in [0, 0.05) is 12.8 Å². The Balaban J connectivity index is 3.93. The first kappa shape index (κ1) is 83.5. The van der Waals surface area contributed by atoms with E-state index in [0.717, 1.165) is 70.6 Å². The number of unbranched alkanes of at least 4 members (excludes halogenated alkanes) is 42. The summed E-state index contributed by atoms with van der Waals surface area (Å²) in [5.41, 5.74) is 0. The van der Waals surface area contributed by atoms with Crippen LogP contribution in [0.1, 0.15) is 348 Å². The summed E-state index contributed by atoms with van der Waals surface area (Å²) < 4.78 is 34.7. The van der Waals surface area contributed by atoms with Crippen LogP contribution in [0.25, 0.3) is 0 Å². The molecule has 10 heteroatoms. The summed E-state index contributed by atoms with van der Waals surface area (Å²) in [5.74, 6) is -0.799. The van der Waals surface area contributed by atoms with Crippen LogP contribution in [0, 0.1) is 0 Å². The lowest BCUT2D eigenvalue weighted by Crippen LogP contribution is -2.37. The molecule has 0 rings (SSSR count). The summed E-state index contributed by atoms with van der Waals surface area (Å²) in [5, 5.41) is 0. The number of carbonyl (C=O) groups is 2. The molecule has 0 aliphatic rings. The van der Waals surface area contributed by atoms with Gasteiger partial charge in [-0.3, -0.25) is 18.6 Å². The van der Waals surface area contributed by atoms with Crippen molar-refractivity contribution < 1.29 is 42.1 Å². The Morgan fingerprint density at radius 2 is 0.628 bits per heavy atom. The number of ether oxygens (including phenoxy) is 2. The maximum absolute atomic E-state index is 12.9. The minimum Gasteiger partial charge on any atom is -0.462 e. The molecule has 2 atom stereocenters. The summed E-state index contributed by atoms with van der Waals surface area (Å²) in [7, 11) is 1.48. The fourth-order valence-electron chi connectivity index (χ4n) is 10.6. The zero-order valence-electron chi connectivity index (χ0n) is 57.3. The van der Waals surface area contributed by atoms with E-state index in [-0.39, 0.29) is 32.0 Å². The number of likely N-dealkylation sites (N-methyl/N-ethyl adjacent to an activating group) is 1. The predicted octanol–water partition coefficient (Wildman–Crippen LogP) is 23.9. The quantitative estimate of drug-likeness (QED) is 0.0211. The van der Waals surface area contributed by atoms with Crippen LogP contribution in [0.5, 0.6) is 0 Å². The molecule has 86 heavy (non-hydrogen) atoms. The number of allylic oxidation sites excluding steroid dienone is 12. The molecule has 0 aliphatic heterocycles. The highest BCUT2D eigenvalue weighted by Crippen LogP contribution is 2.43. The lowest BCUT2D eigenvalue weighted by molar-refractivity contribution is -0.870. The lowest BCUT2D eigenvalue weighted by atomic mass is 10.0. The van der Waals surface area contributed by atoms with E-state index >= 15 is 0 Å². The van der Waals surface area contributed by atoms with Gasteiger partial charge in [0.25, 0.3) is 0 Å². The molecule has 0 saturated heterocycles. The van der Waals surface area contributed by atoms with Crippen molar-refractivity contribution >= 4 is 19.8 Å². The highest BCUT2D eigenvalue weighted by molar-refractivity contribution is 7.47. The van der Waals surface area contributed by atoms with Crippen LogP contribution >= 0.6 is 7.82 Å². The number of hydrogen-bond donors (Lipinski definition) is 1. The van der Waals surface area contributed by atoms with Crippen molar-refractivity contribution in [2.24, 2.45) is 0 Å². The number of quaternary nitrogens is 1. The van der Waals surface area contributed by atoms with Gasteiger partial charge < -0.3 is 18.9 Å². The summed E-state index contributed by atoms with van der Waals surface area (Å²) in [4.78, 5) is 35.8.